The van der Waals surface area contributed by atoms with E-state index in [2.05, 4.69) is 15.0 Å². The Morgan fingerprint density at radius 2 is 2.02 bits per heavy atom. The Balaban J connectivity index is 1.69. The summed E-state index contributed by atoms with van der Waals surface area (Å²) in [5, 5.41) is 12.6. The van der Waals surface area contributed by atoms with Crippen LogP contribution in [0.4, 0.5) is 29.3 Å². The maximum Gasteiger partial charge on any atom is 0.427 e. The fourth-order valence-electron chi connectivity index (χ4n) is 3.93. The van der Waals surface area contributed by atoms with E-state index < -0.39 is 40.1 Å². The van der Waals surface area contributed by atoms with Crippen LogP contribution in [-0.4, -0.2) is 61.7 Å². The van der Waals surface area contributed by atoms with Crippen LogP contribution >= 0.6 is 11.3 Å². The largest absolute Gasteiger partial charge is 0.486 e. The fourth-order valence-corrected chi connectivity index (χ4v) is 6.92. The highest BCUT2D eigenvalue weighted by Crippen LogP contribution is 2.47. The number of amides is 1. The number of rotatable bonds is 10. The molecule has 4 rings (SSSR count). The molecule has 1 unspecified atom stereocenters. The van der Waals surface area contributed by atoms with Crippen LogP contribution in [0.5, 0.6) is 10.8 Å². The van der Waals surface area contributed by atoms with Crippen LogP contribution in [0.3, 0.4) is 0 Å². The van der Waals surface area contributed by atoms with E-state index in [0.717, 1.165) is 17.1 Å². The SMILES string of the molecule is CCOc1sc(C2CC2)nc1S(=O)(=O)N1C[C@H](CCC(C)O)Oc2ccc(NC(=O)OC(C)(C)C(F)(F)F)cc21. The number of ether oxygens (including phenoxy) is 3. The van der Waals surface area contributed by atoms with E-state index in [1.54, 1.807) is 13.8 Å². The number of benzene rings is 1. The zero-order valence-electron chi connectivity index (χ0n) is 22.4. The van der Waals surface area contributed by atoms with Crippen molar-refractivity contribution in [3.05, 3.63) is 23.2 Å². The van der Waals surface area contributed by atoms with E-state index in [-0.39, 0.29) is 46.3 Å². The van der Waals surface area contributed by atoms with E-state index in [4.69, 9.17) is 9.47 Å². The maximum atomic E-state index is 14.1. The van der Waals surface area contributed by atoms with Crippen LogP contribution in [0.15, 0.2) is 23.2 Å². The Labute approximate surface area is 234 Å². The Morgan fingerprint density at radius 3 is 2.62 bits per heavy atom. The first-order chi connectivity index (χ1) is 18.6. The van der Waals surface area contributed by atoms with Gasteiger partial charge in [0.15, 0.2) is 0 Å². The first kappa shape index (κ1) is 30.2. The summed E-state index contributed by atoms with van der Waals surface area (Å²) in [6.45, 7) is 4.89. The van der Waals surface area contributed by atoms with E-state index in [0.29, 0.717) is 31.7 Å². The van der Waals surface area contributed by atoms with Crippen molar-refractivity contribution in [3.8, 4) is 10.8 Å². The molecule has 1 saturated carbocycles. The molecule has 1 aromatic carbocycles. The lowest BCUT2D eigenvalue weighted by Crippen LogP contribution is -2.44. The van der Waals surface area contributed by atoms with E-state index in [9.17, 15) is 31.5 Å². The number of carbonyl (C=O) groups is 1. The number of hydrogen-bond donors (Lipinski definition) is 2. The predicted octanol–water partition coefficient (Wildman–Crippen LogP) is 5.43. The Hall–Kier alpha value is -2.78. The summed E-state index contributed by atoms with van der Waals surface area (Å²) in [6, 6.07) is 4.06. The number of thiazole rings is 1. The molecule has 15 heteroatoms. The van der Waals surface area contributed by atoms with E-state index in [1.165, 1.54) is 29.5 Å². The van der Waals surface area contributed by atoms with Crippen molar-refractivity contribution in [1.82, 2.24) is 4.98 Å². The second kappa shape index (κ2) is 11.2. The highest BCUT2D eigenvalue weighted by Gasteiger charge is 2.51. The summed E-state index contributed by atoms with van der Waals surface area (Å²) in [4.78, 5) is 16.7. The molecular weight excluding hydrogens is 575 g/mol. The van der Waals surface area contributed by atoms with E-state index >= 15 is 0 Å². The highest BCUT2D eigenvalue weighted by atomic mass is 32.2. The highest BCUT2D eigenvalue weighted by molar-refractivity contribution is 7.93. The van der Waals surface area contributed by atoms with E-state index in [1.807, 2.05) is 0 Å². The predicted molar refractivity (Wildman–Crippen MR) is 142 cm³/mol. The number of aromatic nitrogens is 1. The Morgan fingerprint density at radius 1 is 1.32 bits per heavy atom. The van der Waals surface area contributed by atoms with Gasteiger partial charge in [0, 0.05) is 11.6 Å². The van der Waals surface area contributed by atoms with Crippen LogP contribution in [-0.2, 0) is 14.8 Å². The molecule has 1 amide bonds. The lowest BCUT2D eigenvalue weighted by molar-refractivity contribution is -0.242. The summed E-state index contributed by atoms with van der Waals surface area (Å²) in [5.41, 5.74) is -2.69. The summed E-state index contributed by atoms with van der Waals surface area (Å²) in [5.74, 6) is 0.363. The van der Waals surface area contributed by atoms with Gasteiger partial charge in [0.2, 0.25) is 15.7 Å². The van der Waals surface area contributed by atoms with Gasteiger partial charge in [-0.25, -0.2) is 9.78 Å². The lowest BCUT2D eigenvalue weighted by atomic mass is 10.1. The van der Waals surface area contributed by atoms with Crippen molar-refractivity contribution >= 4 is 38.8 Å². The van der Waals surface area contributed by atoms with Crippen LogP contribution in [0.25, 0.3) is 0 Å². The molecule has 2 atom stereocenters. The number of halogens is 3. The molecule has 0 spiro atoms. The summed E-state index contributed by atoms with van der Waals surface area (Å²) in [6.07, 6.45) is -4.86. The van der Waals surface area contributed by atoms with Crippen LogP contribution < -0.4 is 19.1 Å². The second-order valence-corrected chi connectivity index (χ2v) is 13.0. The number of nitrogens with zero attached hydrogens (tertiary/aromatic N) is 2. The van der Waals surface area contributed by atoms with Gasteiger partial charge in [-0.3, -0.25) is 9.62 Å². The minimum atomic E-state index is -4.80. The molecule has 1 aliphatic heterocycles. The molecule has 1 fully saturated rings. The average molecular weight is 608 g/mol. The molecule has 2 heterocycles. The number of sulfonamides is 1. The number of hydrogen-bond acceptors (Lipinski definition) is 9. The molecule has 222 valence electrons. The van der Waals surface area contributed by atoms with Gasteiger partial charge in [-0.05, 0) is 71.6 Å². The molecule has 2 aliphatic rings. The van der Waals surface area contributed by atoms with Gasteiger partial charge in [0.25, 0.3) is 10.0 Å². The third kappa shape index (κ3) is 6.57. The van der Waals surface area contributed by atoms with Gasteiger partial charge in [0.1, 0.15) is 16.9 Å². The van der Waals surface area contributed by atoms with Gasteiger partial charge >= 0.3 is 12.3 Å². The van der Waals surface area contributed by atoms with Gasteiger partial charge in [-0.15, -0.1) is 0 Å². The first-order valence-electron chi connectivity index (χ1n) is 12.8. The Kier molecular flexibility index (Phi) is 8.48. The molecule has 40 heavy (non-hydrogen) atoms. The first-order valence-corrected chi connectivity index (χ1v) is 15.1. The smallest absolute Gasteiger partial charge is 0.427 e. The molecular formula is C25H32F3N3O7S2. The van der Waals surface area contributed by atoms with Crippen molar-refractivity contribution in [3.63, 3.8) is 0 Å². The molecule has 0 bridgehead atoms. The van der Waals surface area contributed by atoms with Crippen molar-refractivity contribution in [2.45, 2.75) is 88.3 Å². The minimum absolute atomic E-state index is 0.00469. The standard InChI is InChI=1S/C25H32F3N3O7S2/c1-5-36-22-21(30-20(39-22)15-7-8-15)40(34,35)31-13-17(10-6-14(2)32)37-19-11-9-16(12-18(19)31)29-23(33)38-24(3,4)25(26,27)28/h9,11-12,14-15,17,32H,5-8,10,13H2,1-4H3,(H,29,33)/t14?,17-/m0/s1. The molecule has 0 saturated heterocycles. The molecule has 0 radical (unpaired) electrons. The molecule has 10 nitrogen and oxygen atoms in total. The molecule has 1 aromatic heterocycles. The number of carbonyl (C=O) groups excluding carboxylic acids is 1. The third-order valence-corrected chi connectivity index (χ3v) is 9.35. The summed E-state index contributed by atoms with van der Waals surface area (Å²) < 4.78 is 84.9. The van der Waals surface area contributed by atoms with Crippen LogP contribution in [0, 0.1) is 0 Å². The van der Waals surface area contributed by atoms with Crippen molar-refractivity contribution in [2.75, 3.05) is 22.8 Å². The zero-order chi connectivity index (χ0) is 29.5. The topological polar surface area (TPSA) is 127 Å². The lowest BCUT2D eigenvalue weighted by Gasteiger charge is -2.35. The normalized spacial score (nSPS) is 18.5. The van der Waals surface area contributed by atoms with Crippen molar-refractivity contribution in [1.29, 1.82) is 0 Å². The van der Waals surface area contributed by atoms with Gasteiger partial charge < -0.3 is 19.3 Å². The number of aliphatic hydroxyl groups is 1. The maximum absolute atomic E-state index is 14.1. The van der Waals surface area contributed by atoms with Crippen molar-refractivity contribution < 1.29 is 45.7 Å². The second-order valence-electron chi connectivity index (χ2n) is 10.3. The molecule has 1 aliphatic carbocycles. The summed E-state index contributed by atoms with van der Waals surface area (Å²) in [7, 11) is -4.31. The fraction of sp³-hybridized carbons (Fsp3) is 0.600. The van der Waals surface area contributed by atoms with Crippen LogP contribution in [0.2, 0.25) is 0 Å². The zero-order valence-corrected chi connectivity index (χ0v) is 24.1. The number of aliphatic hydroxyl groups excluding tert-OH is 1. The quantitative estimate of drug-likeness (QED) is 0.366. The third-order valence-electron chi connectivity index (χ3n) is 6.39. The number of alkyl halides is 3. The van der Waals surface area contributed by atoms with Gasteiger partial charge in [-0.1, -0.05) is 11.3 Å². The number of nitrogens with one attached hydrogen (secondary N) is 1. The monoisotopic (exact) mass is 607 g/mol. The summed E-state index contributed by atoms with van der Waals surface area (Å²) >= 11 is 1.19. The van der Waals surface area contributed by atoms with Gasteiger partial charge in [-0.2, -0.15) is 21.6 Å². The van der Waals surface area contributed by atoms with Crippen LogP contribution in [0.1, 0.15) is 64.3 Å². The number of fused-ring (bicyclic) bond motifs is 1. The average Bonchev–Trinajstić information content (AvgIpc) is 3.61. The van der Waals surface area contributed by atoms with Gasteiger partial charge in [0.05, 0.1) is 24.9 Å². The number of anilines is 2. The molecule has 2 aromatic rings. The Bertz CT molecular complexity index is 1340. The molecule has 2 N–H and O–H groups in total. The minimum Gasteiger partial charge on any atom is -0.486 e. The van der Waals surface area contributed by atoms with Crippen molar-refractivity contribution in [2.24, 2.45) is 0 Å².